The molecule has 0 amide bonds. The predicted octanol–water partition coefficient (Wildman–Crippen LogP) is 3.12. The van der Waals surface area contributed by atoms with Crippen LogP contribution in [-0.2, 0) is 6.42 Å². The summed E-state index contributed by atoms with van der Waals surface area (Å²) in [4.78, 5) is 0. The molecule has 0 fully saturated rings. The molecule has 0 spiro atoms. The molecule has 1 aromatic carbocycles. The molecule has 1 nitrogen and oxygen atoms in total. The first-order valence-corrected chi connectivity index (χ1v) is 5.78. The highest BCUT2D eigenvalue weighted by Gasteiger charge is 2.18. The second-order valence-corrected chi connectivity index (χ2v) is 4.43. The summed E-state index contributed by atoms with van der Waals surface area (Å²) >= 11 is 5.83. The molecular weight excluding hydrogens is 213 g/mol. The Kier molecular flexibility index (Phi) is 3.27. The van der Waals surface area contributed by atoms with Crippen LogP contribution in [0.15, 0.2) is 12.1 Å². The molecule has 2 rings (SSSR count). The van der Waals surface area contributed by atoms with Crippen molar-refractivity contribution in [3.8, 4) is 0 Å². The molecule has 0 saturated heterocycles. The Morgan fingerprint density at radius 1 is 1.53 bits per heavy atom. The summed E-state index contributed by atoms with van der Waals surface area (Å²) < 4.78 is 13.3. The fraction of sp³-hybridized carbons (Fsp3) is 0.500. The summed E-state index contributed by atoms with van der Waals surface area (Å²) in [6.45, 7) is 4.04. The van der Waals surface area contributed by atoms with E-state index in [1.165, 1.54) is 5.56 Å². The van der Waals surface area contributed by atoms with Crippen molar-refractivity contribution in [3.63, 3.8) is 0 Å². The van der Waals surface area contributed by atoms with Crippen LogP contribution in [0.5, 0.6) is 0 Å². The van der Waals surface area contributed by atoms with Crippen LogP contribution in [0.3, 0.4) is 0 Å². The van der Waals surface area contributed by atoms with Gasteiger partial charge in [-0.3, -0.25) is 0 Å². The minimum atomic E-state index is -0.299. The summed E-state index contributed by atoms with van der Waals surface area (Å²) in [6.07, 6.45) is 1.95. The largest absolute Gasteiger partial charge is 0.316 e. The second-order valence-electron chi connectivity index (χ2n) is 4.02. The number of rotatable bonds is 1. The first-order chi connectivity index (χ1) is 7.22. The fourth-order valence-corrected chi connectivity index (χ4v) is 2.35. The van der Waals surface area contributed by atoms with Crippen LogP contribution in [0.1, 0.15) is 30.4 Å². The predicted molar refractivity (Wildman–Crippen MR) is 61.0 cm³/mol. The van der Waals surface area contributed by atoms with E-state index in [-0.39, 0.29) is 10.8 Å². The Morgan fingerprint density at radius 2 is 2.33 bits per heavy atom. The molecule has 0 radical (unpaired) electrons. The number of fused-ring (bicyclic) bond motifs is 1. The van der Waals surface area contributed by atoms with Gasteiger partial charge in [0.2, 0.25) is 0 Å². The molecule has 0 saturated carbocycles. The number of halogens is 2. The van der Waals surface area contributed by atoms with Crippen LogP contribution < -0.4 is 5.32 Å². The zero-order chi connectivity index (χ0) is 10.8. The summed E-state index contributed by atoms with van der Waals surface area (Å²) in [6, 6.07) is 3.39. The normalized spacial score (nSPS) is 20.9. The van der Waals surface area contributed by atoms with Gasteiger partial charge in [-0.15, -0.1) is 0 Å². The van der Waals surface area contributed by atoms with E-state index in [9.17, 15) is 4.39 Å². The van der Waals surface area contributed by atoms with Gasteiger partial charge < -0.3 is 5.32 Å². The summed E-state index contributed by atoms with van der Waals surface area (Å²) in [7, 11) is 0. The maximum absolute atomic E-state index is 13.3. The van der Waals surface area contributed by atoms with Crippen LogP contribution in [0.25, 0.3) is 0 Å². The summed E-state index contributed by atoms with van der Waals surface area (Å²) in [5.41, 5.74) is 2.32. The molecule has 0 aliphatic carbocycles. The van der Waals surface area contributed by atoms with E-state index in [0.717, 1.165) is 31.5 Å². The third-order valence-electron chi connectivity index (χ3n) is 3.08. The Morgan fingerprint density at radius 3 is 3.07 bits per heavy atom. The lowest BCUT2D eigenvalue weighted by molar-refractivity contribution is 0.593. The fourth-order valence-electron chi connectivity index (χ4n) is 2.17. The Bertz CT molecular complexity index is 365. The highest BCUT2D eigenvalue weighted by Crippen LogP contribution is 2.29. The van der Waals surface area contributed by atoms with Crippen LogP contribution in [0.4, 0.5) is 4.39 Å². The van der Waals surface area contributed by atoms with Gasteiger partial charge in [-0.05, 0) is 48.6 Å². The van der Waals surface area contributed by atoms with Crippen molar-refractivity contribution in [2.75, 3.05) is 13.1 Å². The molecule has 82 valence electrons. The summed E-state index contributed by atoms with van der Waals surface area (Å²) in [5, 5.41) is 3.61. The maximum Gasteiger partial charge on any atom is 0.142 e. The molecule has 1 aromatic rings. The number of benzene rings is 1. The SMILES string of the molecule is CC[C@@H]1CNCCc2cc(F)c(Cl)cc21. The smallest absolute Gasteiger partial charge is 0.142 e. The summed E-state index contributed by atoms with van der Waals surface area (Å²) in [5.74, 6) is 0.160. The highest BCUT2D eigenvalue weighted by atomic mass is 35.5. The molecule has 1 heterocycles. The minimum Gasteiger partial charge on any atom is -0.316 e. The van der Waals surface area contributed by atoms with E-state index < -0.39 is 0 Å². The molecule has 0 aromatic heterocycles. The zero-order valence-electron chi connectivity index (χ0n) is 8.82. The molecule has 1 N–H and O–H groups in total. The van der Waals surface area contributed by atoms with Gasteiger partial charge in [-0.2, -0.15) is 0 Å². The van der Waals surface area contributed by atoms with Crippen molar-refractivity contribution in [2.45, 2.75) is 25.7 Å². The lowest BCUT2D eigenvalue weighted by Crippen LogP contribution is -2.19. The van der Waals surface area contributed by atoms with Crippen LogP contribution in [0, 0.1) is 5.82 Å². The van der Waals surface area contributed by atoms with Crippen molar-refractivity contribution in [1.82, 2.24) is 5.32 Å². The van der Waals surface area contributed by atoms with Gasteiger partial charge in [0.25, 0.3) is 0 Å². The maximum atomic E-state index is 13.3. The standard InChI is InChI=1S/C12H15ClFN/c1-2-8-7-15-4-3-9-5-12(14)11(13)6-10(8)9/h5-6,8,15H,2-4,7H2,1H3/t8-/m1/s1. The molecule has 1 aliphatic rings. The van der Waals surface area contributed by atoms with Crippen LogP contribution >= 0.6 is 11.6 Å². The molecule has 0 unspecified atom stereocenters. The Balaban J connectivity index is 2.46. The van der Waals surface area contributed by atoms with Crippen LogP contribution in [-0.4, -0.2) is 13.1 Å². The Labute approximate surface area is 94.6 Å². The van der Waals surface area contributed by atoms with E-state index in [4.69, 9.17) is 11.6 Å². The van der Waals surface area contributed by atoms with Crippen molar-refractivity contribution in [3.05, 3.63) is 34.1 Å². The molecular formula is C12H15ClFN. The quantitative estimate of drug-likeness (QED) is 0.778. The van der Waals surface area contributed by atoms with Crippen molar-refractivity contribution >= 4 is 11.6 Å². The molecule has 1 atom stereocenters. The van der Waals surface area contributed by atoms with Gasteiger partial charge in [0.15, 0.2) is 0 Å². The van der Waals surface area contributed by atoms with Crippen molar-refractivity contribution in [1.29, 1.82) is 0 Å². The third kappa shape index (κ3) is 2.16. The average molecular weight is 228 g/mol. The lowest BCUT2D eigenvalue weighted by Gasteiger charge is -2.15. The van der Waals surface area contributed by atoms with Gasteiger partial charge in [0.05, 0.1) is 5.02 Å². The molecule has 15 heavy (non-hydrogen) atoms. The first-order valence-electron chi connectivity index (χ1n) is 5.41. The van der Waals surface area contributed by atoms with Crippen LogP contribution in [0.2, 0.25) is 5.02 Å². The second kappa shape index (κ2) is 4.50. The molecule has 3 heteroatoms. The van der Waals surface area contributed by atoms with Gasteiger partial charge in [0, 0.05) is 6.54 Å². The van der Waals surface area contributed by atoms with Gasteiger partial charge in [-0.1, -0.05) is 18.5 Å². The topological polar surface area (TPSA) is 12.0 Å². The van der Waals surface area contributed by atoms with E-state index in [1.807, 2.05) is 0 Å². The van der Waals surface area contributed by atoms with Gasteiger partial charge in [-0.25, -0.2) is 4.39 Å². The molecule has 1 aliphatic heterocycles. The average Bonchev–Trinajstić information content (AvgIpc) is 2.41. The van der Waals surface area contributed by atoms with Crippen molar-refractivity contribution in [2.24, 2.45) is 0 Å². The van der Waals surface area contributed by atoms with E-state index in [1.54, 1.807) is 12.1 Å². The van der Waals surface area contributed by atoms with Gasteiger partial charge in [0.1, 0.15) is 5.82 Å². The Hall–Kier alpha value is -0.600. The van der Waals surface area contributed by atoms with E-state index in [2.05, 4.69) is 12.2 Å². The third-order valence-corrected chi connectivity index (χ3v) is 3.37. The first kappa shape index (κ1) is 10.9. The number of hydrogen-bond donors (Lipinski definition) is 1. The highest BCUT2D eigenvalue weighted by molar-refractivity contribution is 6.30. The molecule has 0 bridgehead atoms. The van der Waals surface area contributed by atoms with Gasteiger partial charge >= 0.3 is 0 Å². The van der Waals surface area contributed by atoms with E-state index in [0.29, 0.717) is 5.92 Å². The minimum absolute atomic E-state index is 0.245. The number of nitrogens with one attached hydrogen (secondary N) is 1. The number of hydrogen-bond acceptors (Lipinski definition) is 1. The van der Waals surface area contributed by atoms with Crippen molar-refractivity contribution < 1.29 is 4.39 Å². The zero-order valence-corrected chi connectivity index (χ0v) is 9.57. The monoisotopic (exact) mass is 227 g/mol. The van der Waals surface area contributed by atoms with E-state index >= 15 is 0 Å². The lowest BCUT2D eigenvalue weighted by atomic mass is 9.92.